The van der Waals surface area contributed by atoms with Gasteiger partial charge in [0.2, 0.25) is 5.69 Å². The summed E-state index contributed by atoms with van der Waals surface area (Å²) in [6.45, 7) is 12.8. The largest absolute Gasteiger partial charge is 0.264 e. The molecule has 4 heteroatoms. The maximum Gasteiger partial charge on any atom is 0.202 e. The average molecular weight is 653 g/mol. The second-order valence-corrected chi connectivity index (χ2v) is 13.6. The molecule has 8 aromatic rings. The van der Waals surface area contributed by atoms with E-state index in [9.17, 15) is 0 Å². The molecule has 240 valence electrons. The van der Waals surface area contributed by atoms with Gasteiger partial charge in [0, 0.05) is 40.1 Å². The van der Waals surface area contributed by atoms with E-state index in [1.807, 2.05) is 60.8 Å². The predicted molar refractivity (Wildman–Crippen MR) is 208 cm³/mol. The van der Waals surface area contributed by atoms with Crippen molar-refractivity contribution in [2.75, 3.05) is 0 Å². The minimum atomic E-state index is -0.282. The molecule has 0 saturated heterocycles. The van der Waals surface area contributed by atoms with Crippen LogP contribution in [0.15, 0.2) is 158 Å². The predicted octanol–water partition coefficient (Wildman–Crippen LogP) is 12.2. The molecule has 0 saturated carbocycles. The van der Waals surface area contributed by atoms with E-state index in [1.165, 1.54) is 11.1 Å². The molecule has 0 aliphatic heterocycles. The first-order chi connectivity index (χ1) is 25.0. The van der Waals surface area contributed by atoms with Crippen LogP contribution in [0.2, 0.25) is 0 Å². The van der Waals surface area contributed by atoms with E-state index in [2.05, 4.69) is 115 Å². The third-order valence-corrected chi connectivity index (χ3v) is 10.2. The lowest BCUT2D eigenvalue weighted by Crippen LogP contribution is -2.15. The molecule has 2 heterocycles. The third-order valence-electron chi connectivity index (χ3n) is 10.2. The van der Waals surface area contributed by atoms with E-state index in [-0.39, 0.29) is 5.41 Å². The van der Waals surface area contributed by atoms with Gasteiger partial charge >= 0.3 is 0 Å². The van der Waals surface area contributed by atoms with Gasteiger partial charge in [-0.25, -0.2) is 14.8 Å². The summed E-state index contributed by atoms with van der Waals surface area (Å²) in [6, 6.07) is 50.5. The molecule has 0 fully saturated rings. The maximum absolute atomic E-state index is 8.20. The first-order valence-electron chi connectivity index (χ1n) is 17.1. The number of pyridine rings is 1. The average Bonchev–Trinajstić information content (AvgIpc) is 3.42. The Hall–Kier alpha value is -6.70. The lowest BCUT2D eigenvalue weighted by atomic mass is 9.81. The van der Waals surface area contributed by atoms with Crippen LogP contribution in [0, 0.1) is 6.57 Å². The van der Waals surface area contributed by atoms with Crippen molar-refractivity contribution in [1.82, 2.24) is 15.0 Å². The Morgan fingerprint density at radius 3 is 1.90 bits per heavy atom. The fourth-order valence-corrected chi connectivity index (χ4v) is 7.52. The summed E-state index contributed by atoms with van der Waals surface area (Å²) >= 11 is 0. The number of hydrogen-bond donors (Lipinski definition) is 0. The van der Waals surface area contributed by atoms with E-state index < -0.39 is 0 Å². The normalized spacial score (nSPS) is 12.6. The van der Waals surface area contributed by atoms with Crippen molar-refractivity contribution in [3.05, 3.63) is 181 Å². The van der Waals surface area contributed by atoms with Gasteiger partial charge in [0.15, 0.2) is 5.82 Å². The Morgan fingerprint density at radius 1 is 0.529 bits per heavy atom. The van der Waals surface area contributed by atoms with Crippen molar-refractivity contribution >= 4 is 16.5 Å². The molecular formula is C47H32N4. The number of nitrogens with zero attached hydrogens (tertiary/aromatic N) is 4. The summed E-state index contributed by atoms with van der Waals surface area (Å²) in [5.41, 5.74) is 14.1. The topological polar surface area (TPSA) is 43.0 Å². The number of hydrogen-bond acceptors (Lipinski definition) is 3. The van der Waals surface area contributed by atoms with E-state index in [0.717, 1.165) is 77.9 Å². The second kappa shape index (κ2) is 12.0. The zero-order valence-electron chi connectivity index (χ0n) is 28.3. The van der Waals surface area contributed by atoms with Crippen LogP contribution in [0.4, 0.5) is 5.69 Å². The number of fused-ring (bicyclic) bond motifs is 4. The van der Waals surface area contributed by atoms with Gasteiger partial charge in [-0.2, -0.15) is 0 Å². The highest BCUT2D eigenvalue weighted by atomic mass is 14.9. The maximum atomic E-state index is 8.20. The Morgan fingerprint density at radius 2 is 1.18 bits per heavy atom. The first kappa shape index (κ1) is 30.4. The smallest absolute Gasteiger partial charge is 0.202 e. The van der Waals surface area contributed by atoms with E-state index in [1.54, 1.807) is 6.20 Å². The fourth-order valence-electron chi connectivity index (χ4n) is 7.52. The number of rotatable bonds is 5. The third kappa shape index (κ3) is 5.19. The van der Waals surface area contributed by atoms with Crippen LogP contribution in [-0.4, -0.2) is 15.0 Å². The molecule has 0 bridgehead atoms. The van der Waals surface area contributed by atoms with E-state index >= 15 is 0 Å². The minimum absolute atomic E-state index is 0.282. The molecule has 0 radical (unpaired) electrons. The lowest BCUT2D eigenvalue weighted by Gasteiger charge is -2.23. The monoisotopic (exact) mass is 652 g/mol. The van der Waals surface area contributed by atoms with Crippen molar-refractivity contribution in [3.8, 4) is 67.3 Å². The van der Waals surface area contributed by atoms with Crippen molar-refractivity contribution in [3.63, 3.8) is 0 Å². The Kier molecular flexibility index (Phi) is 7.15. The fraction of sp³-hybridized carbons (Fsp3) is 0.0638. The quantitative estimate of drug-likeness (QED) is 0.174. The molecule has 1 aliphatic rings. The highest BCUT2D eigenvalue weighted by molar-refractivity contribution is 6.06. The molecule has 9 rings (SSSR count). The Labute approximate surface area is 297 Å². The zero-order chi connectivity index (χ0) is 34.5. The highest BCUT2D eigenvalue weighted by Crippen LogP contribution is 2.55. The molecule has 0 N–H and O–H groups in total. The van der Waals surface area contributed by atoms with Crippen molar-refractivity contribution in [1.29, 1.82) is 0 Å². The molecule has 0 unspecified atom stereocenters. The van der Waals surface area contributed by atoms with Gasteiger partial charge in [0.25, 0.3) is 0 Å². The zero-order valence-corrected chi connectivity index (χ0v) is 28.3. The standard InChI is InChI=1S/C47H32N4/c1-47(2)40-26-32(20-21-39(40)44-41(47)27-33-17-10-11-19-38(33)45(44)48-3)35-23-36(34-18-12-22-49-29-34)25-37(24-35)43-28-42(30-13-6-4-7-14-30)50-46(51-43)31-15-8-5-9-16-31/h4-29H,1-2H3. The Balaban J connectivity index is 1.25. The first-order valence-corrected chi connectivity index (χ1v) is 17.1. The molecule has 0 amide bonds. The van der Waals surface area contributed by atoms with Gasteiger partial charge in [0.1, 0.15) is 0 Å². The SMILES string of the molecule is [C-]#[N+]c1c2c(cc3ccccc13)C(C)(C)c1cc(-c3cc(-c4cccnc4)cc(-c4cc(-c5ccccc5)nc(-c5ccccc5)n4)c3)ccc1-2. The number of aromatic nitrogens is 3. The van der Waals surface area contributed by atoms with Crippen LogP contribution < -0.4 is 0 Å². The minimum Gasteiger partial charge on any atom is -0.264 e. The summed E-state index contributed by atoms with van der Waals surface area (Å²) in [6.07, 6.45) is 3.71. The van der Waals surface area contributed by atoms with Crippen LogP contribution in [0.25, 0.3) is 82.9 Å². The van der Waals surface area contributed by atoms with Crippen molar-refractivity contribution < 1.29 is 0 Å². The van der Waals surface area contributed by atoms with Gasteiger partial charge in [-0.15, -0.1) is 0 Å². The lowest BCUT2D eigenvalue weighted by molar-refractivity contribution is 0.661. The molecule has 0 spiro atoms. The summed E-state index contributed by atoms with van der Waals surface area (Å²) in [5.74, 6) is 0.681. The molecule has 0 atom stereocenters. The van der Waals surface area contributed by atoms with E-state index in [0.29, 0.717) is 5.82 Å². The Bertz CT molecular complexity index is 2600. The van der Waals surface area contributed by atoms with Gasteiger partial charge in [-0.1, -0.05) is 123 Å². The molecule has 2 aromatic heterocycles. The van der Waals surface area contributed by atoms with Crippen LogP contribution >= 0.6 is 0 Å². The van der Waals surface area contributed by atoms with Crippen LogP contribution in [0.1, 0.15) is 25.0 Å². The van der Waals surface area contributed by atoms with Crippen LogP contribution in [-0.2, 0) is 5.41 Å². The van der Waals surface area contributed by atoms with Gasteiger partial charge in [-0.3, -0.25) is 4.98 Å². The van der Waals surface area contributed by atoms with Gasteiger partial charge in [-0.05, 0) is 86.1 Å². The van der Waals surface area contributed by atoms with Gasteiger partial charge < -0.3 is 0 Å². The van der Waals surface area contributed by atoms with Crippen molar-refractivity contribution in [2.24, 2.45) is 0 Å². The summed E-state index contributed by atoms with van der Waals surface area (Å²) in [4.78, 5) is 18.7. The van der Waals surface area contributed by atoms with Crippen molar-refractivity contribution in [2.45, 2.75) is 19.3 Å². The van der Waals surface area contributed by atoms with Gasteiger partial charge in [0.05, 0.1) is 18.0 Å². The molecule has 1 aliphatic carbocycles. The van der Waals surface area contributed by atoms with Crippen LogP contribution in [0.3, 0.4) is 0 Å². The molecule has 4 nitrogen and oxygen atoms in total. The van der Waals surface area contributed by atoms with Crippen LogP contribution in [0.5, 0.6) is 0 Å². The summed E-state index contributed by atoms with van der Waals surface area (Å²) in [7, 11) is 0. The molecular weight excluding hydrogens is 621 g/mol. The number of benzene rings is 6. The molecule has 51 heavy (non-hydrogen) atoms. The summed E-state index contributed by atoms with van der Waals surface area (Å²) in [5, 5.41) is 2.11. The highest BCUT2D eigenvalue weighted by Gasteiger charge is 2.37. The summed E-state index contributed by atoms with van der Waals surface area (Å²) < 4.78 is 0. The molecule has 6 aromatic carbocycles. The second-order valence-electron chi connectivity index (χ2n) is 13.6. The van der Waals surface area contributed by atoms with E-state index in [4.69, 9.17) is 16.5 Å².